The van der Waals surface area contributed by atoms with E-state index in [4.69, 9.17) is 10.5 Å². The Labute approximate surface area is 112 Å². The number of hydrogen-bond donors (Lipinski definition) is 2. The minimum absolute atomic E-state index is 0.165. The molecule has 4 heteroatoms. The summed E-state index contributed by atoms with van der Waals surface area (Å²) in [5.41, 5.74) is 5.45. The van der Waals surface area contributed by atoms with Gasteiger partial charge in [-0.25, -0.2) is 0 Å². The maximum atomic E-state index is 11.3. The number of rotatable bonds is 5. The molecule has 4 nitrogen and oxygen atoms in total. The van der Waals surface area contributed by atoms with Gasteiger partial charge < -0.3 is 15.8 Å². The molecule has 0 spiro atoms. The standard InChI is InChI=1S/C15H18N2O2/c1-11(16)15(18)17-9-10-19-14-8-4-6-12-5-2-3-7-13(12)14/h2-8,11H,9-10,16H2,1H3,(H,17,18). The molecule has 0 bridgehead atoms. The molecular weight excluding hydrogens is 240 g/mol. The number of fused-ring (bicyclic) bond motifs is 1. The molecule has 0 aliphatic heterocycles. The smallest absolute Gasteiger partial charge is 0.236 e. The van der Waals surface area contributed by atoms with Gasteiger partial charge in [0.05, 0.1) is 12.6 Å². The van der Waals surface area contributed by atoms with Crippen LogP contribution in [0.3, 0.4) is 0 Å². The highest BCUT2D eigenvalue weighted by Gasteiger charge is 2.06. The van der Waals surface area contributed by atoms with E-state index in [0.29, 0.717) is 13.2 Å². The number of nitrogens with two attached hydrogens (primary N) is 1. The van der Waals surface area contributed by atoms with Crippen molar-refractivity contribution >= 4 is 16.7 Å². The van der Waals surface area contributed by atoms with Gasteiger partial charge in [0.25, 0.3) is 0 Å². The third-order valence-electron chi connectivity index (χ3n) is 2.82. The SMILES string of the molecule is CC(N)C(=O)NCCOc1cccc2ccccc12. The van der Waals surface area contributed by atoms with Crippen LogP contribution < -0.4 is 15.8 Å². The zero-order valence-electron chi connectivity index (χ0n) is 10.9. The van der Waals surface area contributed by atoms with Gasteiger partial charge in [-0.15, -0.1) is 0 Å². The molecule has 0 saturated carbocycles. The Balaban J connectivity index is 1.93. The quantitative estimate of drug-likeness (QED) is 0.802. The Morgan fingerprint density at radius 2 is 2.00 bits per heavy atom. The lowest BCUT2D eigenvalue weighted by molar-refractivity contribution is -0.122. The van der Waals surface area contributed by atoms with Crippen molar-refractivity contribution in [2.45, 2.75) is 13.0 Å². The molecule has 3 N–H and O–H groups in total. The minimum Gasteiger partial charge on any atom is -0.491 e. The van der Waals surface area contributed by atoms with Crippen molar-refractivity contribution in [1.82, 2.24) is 5.32 Å². The van der Waals surface area contributed by atoms with E-state index >= 15 is 0 Å². The summed E-state index contributed by atoms with van der Waals surface area (Å²) in [5.74, 6) is 0.662. The van der Waals surface area contributed by atoms with Crippen molar-refractivity contribution in [2.75, 3.05) is 13.2 Å². The van der Waals surface area contributed by atoms with E-state index in [9.17, 15) is 4.79 Å². The molecule has 1 atom stereocenters. The van der Waals surface area contributed by atoms with E-state index < -0.39 is 6.04 Å². The summed E-state index contributed by atoms with van der Waals surface area (Å²) >= 11 is 0. The predicted octanol–water partition coefficient (Wildman–Crippen LogP) is 1.68. The molecule has 0 aromatic heterocycles. The zero-order valence-corrected chi connectivity index (χ0v) is 10.9. The van der Waals surface area contributed by atoms with Gasteiger partial charge in [0.2, 0.25) is 5.91 Å². The summed E-state index contributed by atoms with van der Waals surface area (Å²) in [4.78, 5) is 11.3. The maximum absolute atomic E-state index is 11.3. The highest BCUT2D eigenvalue weighted by Crippen LogP contribution is 2.24. The molecule has 100 valence electrons. The number of amides is 1. The number of ether oxygens (including phenoxy) is 1. The van der Waals surface area contributed by atoms with Crippen LogP contribution in [-0.4, -0.2) is 25.1 Å². The second-order valence-corrected chi connectivity index (χ2v) is 4.41. The van der Waals surface area contributed by atoms with E-state index in [-0.39, 0.29) is 5.91 Å². The first-order valence-corrected chi connectivity index (χ1v) is 6.32. The molecule has 2 rings (SSSR count). The Morgan fingerprint density at radius 3 is 2.79 bits per heavy atom. The first-order chi connectivity index (χ1) is 9.18. The van der Waals surface area contributed by atoms with Crippen LogP contribution in [0.15, 0.2) is 42.5 Å². The van der Waals surface area contributed by atoms with Crippen molar-refractivity contribution in [3.8, 4) is 5.75 Å². The molecule has 0 saturated heterocycles. The third kappa shape index (κ3) is 3.45. The predicted molar refractivity (Wildman–Crippen MR) is 76.1 cm³/mol. The van der Waals surface area contributed by atoms with Crippen molar-refractivity contribution in [3.05, 3.63) is 42.5 Å². The van der Waals surface area contributed by atoms with Crippen molar-refractivity contribution in [3.63, 3.8) is 0 Å². The average molecular weight is 258 g/mol. The molecule has 19 heavy (non-hydrogen) atoms. The van der Waals surface area contributed by atoms with E-state index in [1.54, 1.807) is 6.92 Å². The molecule has 1 amide bonds. The Hall–Kier alpha value is -2.07. The first-order valence-electron chi connectivity index (χ1n) is 6.32. The summed E-state index contributed by atoms with van der Waals surface area (Å²) in [5, 5.41) is 4.92. The molecule has 0 aliphatic carbocycles. The monoisotopic (exact) mass is 258 g/mol. The second-order valence-electron chi connectivity index (χ2n) is 4.41. The van der Waals surface area contributed by atoms with E-state index in [2.05, 4.69) is 5.32 Å². The van der Waals surface area contributed by atoms with Crippen LogP contribution >= 0.6 is 0 Å². The van der Waals surface area contributed by atoms with Gasteiger partial charge in [-0.1, -0.05) is 36.4 Å². The van der Waals surface area contributed by atoms with Gasteiger partial charge >= 0.3 is 0 Å². The largest absolute Gasteiger partial charge is 0.491 e. The molecule has 2 aromatic carbocycles. The summed E-state index contributed by atoms with van der Waals surface area (Å²) in [6.07, 6.45) is 0. The number of nitrogens with one attached hydrogen (secondary N) is 1. The first kappa shape index (κ1) is 13.4. The molecule has 0 heterocycles. The van der Waals surface area contributed by atoms with E-state index in [1.807, 2.05) is 42.5 Å². The average Bonchev–Trinajstić information content (AvgIpc) is 2.43. The summed E-state index contributed by atoms with van der Waals surface area (Å²) < 4.78 is 5.69. The second kappa shape index (κ2) is 6.20. The van der Waals surface area contributed by atoms with Crippen LogP contribution in [0.1, 0.15) is 6.92 Å². The molecule has 0 radical (unpaired) electrons. The Bertz CT molecular complexity index is 562. The van der Waals surface area contributed by atoms with Gasteiger partial charge in [0.15, 0.2) is 0 Å². The fourth-order valence-electron chi connectivity index (χ4n) is 1.82. The van der Waals surface area contributed by atoms with Crippen LogP contribution in [0.2, 0.25) is 0 Å². The Morgan fingerprint density at radius 1 is 1.26 bits per heavy atom. The van der Waals surface area contributed by atoms with Crippen LogP contribution in [-0.2, 0) is 4.79 Å². The highest BCUT2D eigenvalue weighted by molar-refractivity contribution is 5.88. The lowest BCUT2D eigenvalue weighted by atomic mass is 10.1. The van der Waals surface area contributed by atoms with Crippen molar-refractivity contribution in [2.24, 2.45) is 5.73 Å². The summed E-state index contributed by atoms with van der Waals surface area (Å²) in [7, 11) is 0. The van der Waals surface area contributed by atoms with Crippen LogP contribution in [0, 0.1) is 0 Å². The number of carbonyl (C=O) groups excluding carboxylic acids is 1. The number of carbonyl (C=O) groups is 1. The summed E-state index contributed by atoms with van der Waals surface area (Å²) in [6, 6.07) is 13.5. The molecule has 0 fully saturated rings. The lowest BCUT2D eigenvalue weighted by Crippen LogP contribution is -2.40. The minimum atomic E-state index is -0.488. The van der Waals surface area contributed by atoms with E-state index in [0.717, 1.165) is 16.5 Å². The molecule has 1 unspecified atom stereocenters. The number of hydrogen-bond acceptors (Lipinski definition) is 3. The Kier molecular flexibility index (Phi) is 4.36. The van der Waals surface area contributed by atoms with Gasteiger partial charge in [0, 0.05) is 5.39 Å². The van der Waals surface area contributed by atoms with Crippen LogP contribution in [0.25, 0.3) is 10.8 Å². The number of benzene rings is 2. The van der Waals surface area contributed by atoms with Crippen LogP contribution in [0.5, 0.6) is 5.75 Å². The lowest BCUT2D eigenvalue weighted by Gasteiger charge is -2.11. The fraction of sp³-hybridized carbons (Fsp3) is 0.267. The topological polar surface area (TPSA) is 64.4 Å². The van der Waals surface area contributed by atoms with E-state index in [1.165, 1.54) is 0 Å². The van der Waals surface area contributed by atoms with Gasteiger partial charge in [-0.05, 0) is 18.4 Å². The van der Waals surface area contributed by atoms with Gasteiger partial charge in [0.1, 0.15) is 12.4 Å². The molecular formula is C15H18N2O2. The van der Waals surface area contributed by atoms with Crippen molar-refractivity contribution < 1.29 is 9.53 Å². The van der Waals surface area contributed by atoms with Gasteiger partial charge in [-0.3, -0.25) is 4.79 Å². The molecule has 0 aliphatic rings. The maximum Gasteiger partial charge on any atom is 0.236 e. The fourth-order valence-corrected chi connectivity index (χ4v) is 1.82. The molecule has 2 aromatic rings. The van der Waals surface area contributed by atoms with Crippen molar-refractivity contribution in [1.29, 1.82) is 0 Å². The third-order valence-corrected chi connectivity index (χ3v) is 2.82. The normalized spacial score (nSPS) is 12.1. The van der Waals surface area contributed by atoms with Gasteiger partial charge in [-0.2, -0.15) is 0 Å². The summed E-state index contributed by atoms with van der Waals surface area (Å²) in [6.45, 7) is 2.52. The zero-order chi connectivity index (χ0) is 13.7. The van der Waals surface area contributed by atoms with Crippen LogP contribution in [0.4, 0.5) is 0 Å². The highest BCUT2D eigenvalue weighted by atomic mass is 16.5.